The normalized spacial score (nSPS) is 12.9. The predicted octanol–water partition coefficient (Wildman–Crippen LogP) is 4.80. The van der Waals surface area contributed by atoms with E-state index in [0.717, 1.165) is 34.5 Å². The standard InChI is InChI=1S/C22H20FN3O2S/c23-17-7-5-15(6-8-17)14-24-22(28)25-18-9-10-19-16(13-18)3-1-11-26(19)21(27)20-4-2-12-29-20/h2,4-10,12-13H,1,3,11,14H2,(H2,24,25,28). The van der Waals surface area contributed by atoms with Crippen molar-refractivity contribution in [1.29, 1.82) is 0 Å². The minimum absolute atomic E-state index is 0.0127. The number of thiophene rings is 1. The molecule has 2 heterocycles. The van der Waals surface area contributed by atoms with E-state index in [1.807, 2.05) is 34.5 Å². The summed E-state index contributed by atoms with van der Waals surface area (Å²) in [6.45, 7) is 0.995. The van der Waals surface area contributed by atoms with Crippen LogP contribution in [0.1, 0.15) is 27.2 Å². The highest BCUT2D eigenvalue weighted by atomic mass is 32.1. The highest BCUT2D eigenvalue weighted by molar-refractivity contribution is 7.12. The van der Waals surface area contributed by atoms with Crippen molar-refractivity contribution in [3.05, 3.63) is 81.8 Å². The number of carbonyl (C=O) groups excluding carboxylic acids is 2. The number of amides is 3. The molecular weight excluding hydrogens is 389 g/mol. The maximum atomic E-state index is 12.9. The van der Waals surface area contributed by atoms with E-state index in [1.54, 1.807) is 18.2 Å². The SMILES string of the molecule is O=C(NCc1ccc(F)cc1)Nc1ccc2c(c1)CCCN2C(=O)c1cccs1. The summed E-state index contributed by atoms with van der Waals surface area (Å²) in [6, 6.07) is 15.0. The quantitative estimate of drug-likeness (QED) is 0.650. The maximum Gasteiger partial charge on any atom is 0.319 e. The number of nitrogens with zero attached hydrogens (tertiary/aromatic N) is 1. The second kappa shape index (κ2) is 8.45. The first-order chi connectivity index (χ1) is 14.1. The monoisotopic (exact) mass is 409 g/mol. The lowest BCUT2D eigenvalue weighted by molar-refractivity contribution is 0.0989. The molecule has 0 saturated carbocycles. The van der Waals surface area contributed by atoms with Gasteiger partial charge in [-0.1, -0.05) is 18.2 Å². The number of hydrogen-bond donors (Lipinski definition) is 2. The third kappa shape index (κ3) is 4.46. The smallest absolute Gasteiger partial charge is 0.319 e. The van der Waals surface area contributed by atoms with Gasteiger partial charge in [-0.15, -0.1) is 11.3 Å². The number of nitrogens with one attached hydrogen (secondary N) is 2. The average Bonchev–Trinajstić information content (AvgIpc) is 3.27. The fourth-order valence-corrected chi connectivity index (χ4v) is 4.05. The fraction of sp³-hybridized carbons (Fsp3) is 0.182. The summed E-state index contributed by atoms with van der Waals surface area (Å²) in [5.74, 6) is -0.294. The van der Waals surface area contributed by atoms with Gasteiger partial charge in [-0.05, 0) is 65.7 Å². The Hall–Kier alpha value is -3.19. The minimum Gasteiger partial charge on any atom is -0.334 e. The molecule has 1 aliphatic rings. The van der Waals surface area contributed by atoms with Crippen molar-refractivity contribution in [1.82, 2.24) is 5.32 Å². The van der Waals surface area contributed by atoms with Gasteiger partial charge in [-0.3, -0.25) is 4.79 Å². The Bertz CT molecular complexity index is 1020. The lowest BCUT2D eigenvalue weighted by Gasteiger charge is -2.29. The first-order valence-electron chi connectivity index (χ1n) is 9.38. The number of anilines is 2. The van der Waals surface area contributed by atoms with Gasteiger partial charge in [0.15, 0.2) is 0 Å². The third-order valence-electron chi connectivity index (χ3n) is 4.80. The number of hydrogen-bond acceptors (Lipinski definition) is 3. The molecule has 0 bridgehead atoms. The lowest BCUT2D eigenvalue weighted by Crippen LogP contribution is -2.35. The van der Waals surface area contributed by atoms with Crippen LogP contribution in [0.15, 0.2) is 60.0 Å². The van der Waals surface area contributed by atoms with Crippen LogP contribution in [0.25, 0.3) is 0 Å². The number of rotatable bonds is 4. The topological polar surface area (TPSA) is 61.4 Å². The van der Waals surface area contributed by atoms with Gasteiger partial charge in [-0.2, -0.15) is 0 Å². The lowest BCUT2D eigenvalue weighted by atomic mass is 10.0. The summed E-state index contributed by atoms with van der Waals surface area (Å²) in [7, 11) is 0. The number of urea groups is 1. The van der Waals surface area contributed by atoms with Crippen LogP contribution < -0.4 is 15.5 Å². The molecule has 0 spiro atoms. The van der Waals surface area contributed by atoms with Gasteiger partial charge in [0.25, 0.3) is 5.91 Å². The number of halogens is 1. The zero-order chi connectivity index (χ0) is 20.2. The molecule has 4 rings (SSSR count). The van der Waals surface area contributed by atoms with Crippen LogP contribution >= 0.6 is 11.3 Å². The second-order valence-electron chi connectivity index (χ2n) is 6.82. The summed E-state index contributed by atoms with van der Waals surface area (Å²) in [5.41, 5.74) is 3.42. The Morgan fingerprint density at radius 2 is 1.93 bits per heavy atom. The van der Waals surface area contributed by atoms with Gasteiger partial charge >= 0.3 is 6.03 Å². The molecule has 148 valence electrons. The number of carbonyl (C=O) groups is 2. The predicted molar refractivity (Wildman–Crippen MR) is 113 cm³/mol. The summed E-state index contributed by atoms with van der Waals surface area (Å²) < 4.78 is 12.9. The summed E-state index contributed by atoms with van der Waals surface area (Å²) in [6.07, 6.45) is 1.74. The van der Waals surface area contributed by atoms with Crippen LogP contribution in [-0.4, -0.2) is 18.5 Å². The summed E-state index contributed by atoms with van der Waals surface area (Å²) in [4.78, 5) is 27.5. The molecule has 7 heteroatoms. The molecule has 0 fully saturated rings. The highest BCUT2D eigenvalue weighted by Crippen LogP contribution is 2.31. The molecule has 5 nitrogen and oxygen atoms in total. The second-order valence-corrected chi connectivity index (χ2v) is 7.76. The van der Waals surface area contributed by atoms with E-state index in [-0.39, 0.29) is 17.8 Å². The zero-order valence-electron chi connectivity index (χ0n) is 15.7. The molecular formula is C22H20FN3O2S. The number of benzene rings is 2. The third-order valence-corrected chi connectivity index (χ3v) is 5.66. The van der Waals surface area contributed by atoms with Crippen LogP contribution in [0.4, 0.5) is 20.6 Å². The first-order valence-corrected chi connectivity index (χ1v) is 10.3. The molecule has 3 aromatic rings. The Labute approximate surface area is 172 Å². The van der Waals surface area contributed by atoms with Gasteiger partial charge in [0.1, 0.15) is 5.82 Å². The van der Waals surface area contributed by atoms with Crippen LogP contribution in [0.3, 0.4) is 0 Å². The molecule has 0 unspecified atom stereocenters. The molecule has 29 heavy (non-hydrogen) atoms. The minimum atomic E-state index is -0.336. The number of fused-ring (bicyclic) bond motifs is 1. The Morgan fingerprint density at radius 1 is 1.10 bits per heavy atom. The van der Waals surface area contributed by atoms with Crippen molar-refractivity contribution in [2.24, 2.45) is 0 Å². The molecule has 1 aromatic heterocycles. The van der Waals surface area contributed by atoms with Crippen molar-refractivity contribution in [2.75, 3.05) is 16.8 Å². The van der Waals surface area contributed by atoms with Crippen molar-refractivity contribution >= 4 is 34.6 Å². The van der Waals surface area contributed by atoms with Gasteiger partial charge in [-0.25, -0.2) is 9.18 Å². The molecule has 0 aliphatic carbocycles. The van der Waals surface area contributed by atoms with E-state index in [1.165, 1.54) is 23.5 Å². The summed E-state index contributed by atoms with van der Waals surface area (Å²) >= 11 is 1.44. The summed E-state index contributed by atoms with van der Waals surface area (Å²) in [5, 5.41) is 7.48. The number of aryl methyl sites for hydroxylation is 1. The Balaban J connectivity index is 1.41. The van der Waals surface area contributed by atoms with Crippen molar-refractivity contribution < 1.29 is 14.0 Å². The average molecular weight is 409 g/mol. The van der Waals surface area contributed by atoms with Crippen LogP contribution in [-0.2, 0) is 13.0 Å². The van der Waals surface area contributed by atoms with Crippen LogP contribution in [0, 0.1) is 5.82 Å². The van der Waals surface area contributed by atoms with Gasteiger partial charge in [0.2, 0.25) is 0 Å². The molecule has 0 saturated heterocycles. The fourth-order valence-electron chi connectivity index (χ4n) is 3.38. The van der Waals surface area contributed by atoms with Gasteiger partial charge in [0, 0.05) is 24.5 Å². The molecule has 0 atom stereocenters. The van der Waals surface area contributed by atoms with Crippen molar-refractivity contribution in [3.8, 4) is 0 Å². The van der Waals surface area contributed by atoms with E-state index in [9.17, 15) is 14.0 Å². The first kappa shape index (κ1) is 19.1. The highest BCUT2D eigenvalue weighted by Gasteiger charge is 2.24. The van der Waals surface area contributed by atoms with Crippen LogP contribution in [0.2, 0.25) is 0 Å². The van der Waals surface area contributed by atoms with E-state index in [2.05, 4.69) is 10.6 Å². The Kier molecular flexibility index (Phi) is 5.57. The Morgan fingerprint density at radius 3 is 2.69 bits per heavy atom. The molecule has 2 aromatic carbocycles. The van der Waals surface area contributed by atoms with E-state index < -0.39 is 0 Å². The molecule has 3 amide bonds. The largest absolute Gasteiger partial charge is 0.334 e. The van der Waals surface area contributed by atoms with E-state index in [0.29, 0.717) is 18.8 Å². The van der Waals surface area contributed by atoms with Gasteiger partial charge < -0.3 is 15.5 Å². The zero-order valence-corrected chi connectivity index (χ0v) is 16.5. The molecule has 1 aliphatic heterocycles. The van der Waals surface area contributed by atoms with E-state index >= 15 is 0 Å². The van der Waals surface area contributed by atoms with Crippen molar-refractivity contribution in [2.45, 2.75) is 19.4 Å². The molecule has 2 N–H and O–H groups in total. The molecule has 0 radical (unpaired) electrons. The maximum absolute atomic E-state index is 12.9. The van der Waals surface area contributed by atoms with Gasteiger partial charge in [0.05, 0.1) is 4.88 Å². The van der Waals surface area contributed by atoms with E-state index in [4.69, 9.17) is 0 Å². The van der Waals surface area contributed by atoms with Crippen molar-refractivity contribution in [3.63, 3.8) is 0 Å². The van der Waals surface area contributed by atoms with Crippen LogP contribution in [0.5, 0.6) is 0 Å².